The number of non-ortho nitro benzene ring substituents is 1. The zero-order valence-electron chi connectivity index (χ0n) is 14.0. The van der Waals surface area contributed by atoms with Gasteiger partial charge < -0.3 is 4.57 Å². The zero-order chi connectivity index (χ0) is 19.6. The Morgan fingerprint density at radius 3 is 2.78 bits per heavy atom. The Hall–Kier alpha value is -1.87. The lowest BCUT2D eigenvalue weighted by Crippen LogP contribution is -2.18. The van der Waals surface area contributed by atoms with Crippen molar-refractivity contribution in [1.82, 2.24) is 4.57 Å². The van der Waals surface area contributed by atoms with E-state index in [1.54, 1.807) is 30.0 Å². The number of carbonyl (C=O) groups excluding carboxylic acids is 1. The van der Waals surface area contributed by atoms with Gasteiger partial charge in [-0.25, -0.2) is 0 Å². The number of amides is 1. The molecule has 0 bridgehead atoms. The lowest BCUT2D eigenvalue weighted by atomic mass is 10.2. The molecule has 3 aromatic rings. The number of rotatable bonds is 5. The van der Waals surface area contributed by atoms with Crippen molar-refractivity contribution in [3.8, 4) is 0 Å². The number of aryl methyl sites for hydroxylation is 1. The molecule has 0 aliphatic rings. The first-order valence-corrected chi connectivity index (χ1v) is 10.7. The summed E-state index contributed by atoms with van der Waals surface area (Å²) in [5.41, 5.74) is 1.00. The van der Waals surface area contributed by atoms with E-state index in [-0.39, 0.29) is 16.3 Å². The van der Waals surface area contributed by atoms with Gasteiger partial charge in [0, 0.05) is 29.5 Å². The minimum atomic E-state index is -0.513. The first kappa shape index (κ1) is 19.9. The molecule has 1 heterocycles. The van der Waals surface area contributed by atoms with Gasteiger partial charge in [0.1, 0.15) is 0 Å². The molecule has 1 aromatic heterocycles. The van der Waals surface area contributed by atoms with E-state index in [0.717, 1.165) is 11.3 Å². The molecule has 0 aliphatic heterocycles. The van der Waals surface area contributed by atoms with Crippen LogP contribution in [0.2, 0.25) is 10.0 Å². The normalized spacial score (nSPS) is 11.9. The summed E-state index contributed by atoms with van der Waals surface area (Å²) in [6.45, 7) is 0.619. The number of aromatic nitrogens is 1. The maximum absolute atomic E-state index is 12.6. The first-order valence-electron chi connectivity index (χ1n) is 7.71. The van der Waals surface area contributed by atoms with Gasteiger partial charge in [-0.2, -0.15) is 16.8 Å². The van der Waals surface area contributed by atoms with Crippen molar-refractivity contribution in [2.24, 2.45) is 4.99 Å². The molecule has 140 valence electrons. The third kappa shape index (κ3) is 4.35. The predicted octanol–water partition coefficient (Wildman–Crippen LogP) is 5.02. The fraction of sp³-hybridized carbons (Fsp3) is 0.176. The number of nitrogens with zero attached hydrogens (tertiary/aromatic N) is 3. The molecule has 0 saturated heterocycles. The van der Waals surface area contributed by atoms with Crippen LogP contribution in [0.4, 0.5) is 5.69 Å². The minimum Gasteiger partial charge on any atom is -0.315 e. The van der Waals surface area contributed by atoms with Gasteiger partial charge in [0.15, 0.2) is 4.80 Å². The van der Waals surface area contributed by atoms with Gasteiger partial charge in [-0.3, -0.25) is 14.9 Å². The number of nitro benzene ring substituents is 1. The number of thioether (sulfide) groups is 1. The fourth-order valence-corrected chi connectivity index (χ4v) is 4.29. The monoisotopic (exact) mass is 441 g/mol. The molecule has 0 aliphatic carbocycles. The molecular formula is C17H13Cl2N3O3S2. The Morgan fingerprint density at radius 2 is 2.07 bits per heavy atom. The standard InChI is InChI=1S/C17H13Cl2N3O3S2/c1-26-7-6-21-14-5-3-11(22(24)25)9-15(14)27-17(21)20-16(23)12-8-10(18)2-4-13(12)19/h2-5,8-9H,6-7H2,1H3. The zero-order valence-corrected chi connectivity index (χ0v) is 17.2. The van der Waals surface area contributed by atoms with E-state index >= 15 is 0 Å². The second-order valence-corrected chi connectivity index (χ2v) is 8.32. The van der Waals surface area contributed by atoms with Crippen LogP contribution in [-0.4, -0.2) is 27.4 Å². The number of thiazole rings is 1. The van der Waals surface area contributed by atoms with E-state index < -0.39 is 10.8 Å². The molecule has 27 heavy (non-hydrogen) atoms. The number of hydrogen-bond acceptors (Lipinski definition) is 5. The average Bonchev–Trinajstić information content (AvgIpc) is 2.97. The third-order valence-electron chi connectivity index (χ3n) is 3.75. The topological polar surface area (TPSA) is 77.5 Å². The van der Waals surface area contributed by atoms with Crippen LogP contribution in [0.15, 0.2) is 41.4 Å². The highest BCUT2D eigenvalue weighted by atomic mass is 35.5. The number of hydrogen-bond donors (Lipinski definition) is 0. The van der Waals surface area contributed by atoms with Crippen molar-refractivity contribution in [3.05, 3.63) is 66.9 Å². The quantitative estimate of drug-likeness (QED) is 0.411. The Kier molecular flexibility index (Phi) is 6.21. The van der Waals surface area contributed by atoms with Crippen LogP contribution < -0.4 is 4.80 Å². The molecule has 10 heteroatoms. The van der Waals surface area contributed by atoms with Gasteiger partial charge >= 0.3 is 0 Å². The summed E-state index contributed by atoms with van der Waals surface area (Å²) in [5, 5.41) is 11.7. The van der Waals surface area contributed by atoms with Gasteiger partial charge in [0.25, 0.3) is 11.6 Å². The smallest absolute Gasteiger partial charge is 0.281 e. The van der Waals surface area contributed by atoms with Gasteiger partial charge in [-0.1, -0.05) is 34.5 Å². The van der Waals surface area contributed by atoms with E-state index in [0.29, 0.717) is 21.1 Å². The van der Waals surface area contributed by atoms with E-state index in [1.807, 2.05) is 10.8 Å². The van der Waals surface area contributed by atoms with Crippen LogP contribution in [0.25, 0.3) is 10.2 Å². The molecular weight excluding hydrogens is 429 g/mol. The molecule has 0 atom stereocenters. The lowest BCUT2D eigenvalue weighted by molar-refractivity contribution is -0.384. The van der Waals surface area contributed by atoms with Crippen LogP contribution in [0.3, 0.4) is 0 Å². The summed E-state index contributed by atoms with van der Waals surface area (Å²) >= 11 is 14.9. The van der Waals surface area contributed by atoms with Crippen LogP contribution in [0.1, 0.15) is 10.4 Å². The molecule has 0 fully saturated rings. The van der Waals surface area contributed by atoms with Gasteiger partial charge in [0.2, 0.25) is 0 Å². The van der Waals surface area contributed by atoms with E-state index in [2.05, 4.69) is 4.99 Å². The minimum absolute atomic E-state index is 0.00321. The number of carbonyl (C=O) groups is 1. The number of fused-ring (bicyclic) bond motifs is 1. The molecule has 2 aromatic carbocycles. The molecule has 0 spiro atoms. The highest BCUT2D eigenvalue weighted by Gasteiger charge is 2.14. The Labute approximate surface area is 172 Å². The van der Waals surface area contributed by atoms with Crippen molar-refractivity contribution < 1.29 is 9.72 Å². The number of benzene rings is 2. The summed E-state index contributed by atoms with van der Waals surface area (Å²) < 4.78 is 2.57. The summed E-state index contributed by atoms with van der Waals surface area (Å²) in [6.07, 6.45) is 1.98. The van der Waals surface area contributed by atoms with Crippen LogP contribution >= 0.6 is 46.3 Å². The van der Waals surface area contributed by atoms with Gasteiger partial charge in [0.05, 0.1) is 25.7 Å². The average molecular weight is 442 g/mol. The van der Waals surface area contributed by atoms with Crippen molar-refractivity contribution in [1.29, 1.82) is 0 Å². The van der Waals surface area contributed by atoms with E-state index in [9.17, 15) is 14.9 Å². The molecule has 0 saturated carbocycles. The highest BCUT2D eigenvalue weighted by molar-refractivity contribution is 7.98. The highest BCUT2D eigenvalue weighted by Crippen LogP contribution is 2.24. The van der Waals surface area contributed by atoms with Gasteiger partial charge in [-0.05, 0) is 30.5 Å². The third-order valence-corrected chi connectivity index (χ3v) is 5.95. The number of halogens is 2. The molecule has 0 radical (unpaired) electrons. The summed E-state index contributed by atoms with van der Waals surface area (Å²) in [5.74, 6) is 0.295. The molecule has 3 rings (SSSR count). The second kappa shape index (κ2) is 8.43. The molecule has 1 amide bonds. The summed E-state index contributed by atoms with van der Waals surface area (Å²) in [7, 11) is 0. The predicted molar refractivity (Wildman–Crippen MR) is 111 cm³/mol. The second-order valence-electron chi connectivity index (χ2n) is 5.48. The van der Waals surface area contributed by atoms with Crippen molar-refractivity contribution in [3.63, 3.8) is 0 Å². The largest absolute Gasteiger partial charge is 0.315 e. The maximum Gasteiger partial charge on any atom is 0.281 e. The van der Waals surface area contributed by atoms with Gasteiger partial charge in [-0.15, -0.1) is 0 Å². The van der Waals surface area contributed by atoms with E-state index in [1.165, 1.54) is 29.5 Å². The van der Waals surface area contributed by atoms with E-state index in [4.69, 9.17) is 23.2 Å². The lowest BCUT2D eigenvalue weighted by Gasteiger charge is -2.04. The molecule has 0 unspecified atom stereocenters. The molecule has 6 nitrogen and oxygen atoms in total. The van der Waals surface area contributed by atoms with Crippen LogP contribution in [0.5, 0.6) is 0 Å². The fourth-order valence-electron chi connectivity index (χ4n) is 2.47. The summed E-state index contributed by atoms with van der Waals surface area (Å²) in [4.78, 5) is 27.9. The van der Waals surface area contributed by atoms with Crippen molar-refractivity contribution in [2.75, 3.05) is 12.0 Å². The van der Waals surface area contributed by atoms with Crippen LogP contribution in [0, 0.1) is 10.1 Å². The SMILES string of the molecule is CSCCn1c(=NC(=O)c2cc(Cl)ccc2Cl)sc2cc([N+](=O)[O-])ccc21. The summed E-state index contributed by atoms with van der Waals surface area (Å²) in [6, 6.07) is 9.23. The van der Waals surface area contributed by atoms with Crippen LogP contribution in [-0.2, 0) is 6.54 Å². The molecule has 0 N–H and O–H groups in total. The van der Waals surface area contributed by atoms with Crippen molar-refractivity contribution >= 4 is 68.1 Å². The van der Waals surface area contributed by atoms with Crippen molar-refractivity contribution in [2.45, 2.75) is 6.54 Å². The number of nitro groups is 1. The Bertz CT molecular complexity index is 1110. The maximum atomic E-state index is 12.6. The first-order chi connectivity index (χ1) is 12.9. The Morgan fingerprint density at radius 1 is 1.30 bits per heavy atom. The Balaban J connectivity index is 2.16.